The molecule has 3 heterocycles. The van der Waals surface area contributed by atoms with Crippen LogP contribution >= 0.6 is 0 Å². The highest BCUT2D eigenvalue weighted by Gasteiger charge is 2.52. The Balaban J connectivity index is 1.09. The van der Waals surface area contributed by atoms with Gasteiger partial charge in [0.15, 0.2) is 0 Å². The quantitative estimate of drug-likeness (QED) is 0.248. The Morgan fingerprint density at radius 3 is 2.48 bits per heavy atom. The van der Waals surface area contributed by atoms with Crippen LogP contribution in [-0.2, 0) is 27.4 Å². The van der Waals surface area contributed by atoms with Gasteiger partial charge in [0.1, 0.15) is 11.2 Å². The molecule has 5 rings (SSSR count). The van der Waals surface area contributed by atoms with Crippen molar-refractivity contribution in [3.05, 3.63) is 66.4 Å². The number of piperidine rings is 1. The number of benzene rings is 2. The average Bonchev–Trinajstić information content (AvgIpc) is 3.57. The Morgan fingerprint density at radius 1 is 1.02 bits per heavy atom. The van der Waals surface area contributed by atoms with Crippen LogP contribution in [0.25, 0.3) is 11.3 Å². The molecule has 3 aromatic rings. The molecule has 2 aromatic carbocycles. The number of urea groups is 2. The number of ether oxygens (including phenoxy) is 1. The Hall–Kier alpha value is -4.78. The molecular formula is C29H34N8O5. The number of rotatable bonds is 10. The van der Waals surface area contributed by atoms with E-state index in [2.05, 4.69) is 26.3 Å². The lowest BCUT2D eigenvalue weighted by atomic mass is 9.87. The molecule has 0 saturated carbocycles. The van der Waals surface area contributed by atoms with Gasteiger partial charge in [0.05, 0.1) is 32.5 Å². The monoisotopic (exact) mass is 574 g/mol. The van der Waals surface area contributed by atoms with Crippen LogP contribution in [0.2, 0.25) is 0 Å². The predicted molar refractivity (Wildman–Crippen MR) is 153 cm³/mol. The van der Waals surface area contributed by atoms with Gasteiger partial charge < -0.3 is 25.6 Å². The van der Waals surface area contributed by atoms with E-state index in [1.54, 1.807) is 28.8 Å². The lowest BCUT2D eigenvalue weighted by Crippen LogP contribution is -2.56. The minimum Gasteiger partial charge on any atom is -0.379 e. The lowest BCUT2D eigenvalue weighted by Gasteiger charge is -2.37. The van der Waals surface area contributed by atoms with Crippen LogP contribution in [0.5, 0.6) is 0 Å². The number of nitrogens with one attached hydrogen (secondary N) is 3. The van der Waals surface area contributed by atoms with Crippen molar-refractivity contribution in [3.63, 3.8) is 0 Å². The maximum Gasteiger partial charge on any atom is 0.325 e. The molecule has 0 bridgehead atoms. The van der Waals surface area contributed by atoms with Gasteiger partial charge in [-0.1, -0.05) is 47.7 Å². The van der Waals surface area contributed by atoms with E-state index < -0.39 is 11.6 Å². The largest absolute Gasteiger partial charge is 0.379 e. The van der Waals surface area contributed by atoms with Gasteiger partial charge in [-0.3, -0.25) is 14.5 Å². The molecule has 0 aliphatic carbocycles. The number of hydrogen-bond acceptors (Lipinski definition) is 7. The number of nitrogens with zero attached hydrogens (tertiary/aromatic N) is 5. The molecule has 2 fully saturated rings. The average molecular weight is 575 g/mol. The molecular weight excluding hydrogens is 540 g/mol. The van der Waals surface area contributed by atoms with Crippen molar-refractivity contribution in [1.29, 1.82) is 0 Å². The fourth-order valence-electron chi connectivity index (χ4n) is 5.03. The Morgan fingerprint density at radius 2 is 1.76 bits per heavy atom. The standard InChI is InChI=1S/C29H34N8O5/c1-30-25(38)11-17-42-18-16-36-20-24(33-34-36)22-7-9-23(10-8-22)31-27(40)35-14-12-29(13-15-35)26(39)37(28(41)32-29)19-21-5-3-2-4-6-21/h2-10,20H,11-19H2,1H3,(H,30,38)(H,31,40)(H,32,41). The third-order valence-corrected chi connectivity index (χ3v) is 7.52. The number of amides is 6. The van der Waals surface area contributed by atoms with E-state index in [0.29, 0.717) is 63.5 Å². The summed E-state index contributed by atoms with van der Waals surface area (Å²) in [5.41, 5.74) is 2.06. The second-order valence-corrected chi connectivity index (χ2v) is 10.3. The van der Waals surface area contributed by atoms with Crippen molar-refractivity contribution in [2.75, 3.05) is 38.7 Å². The summed E-state index contributed by atoms with van der Waals surface area (Å²) >= 11 is 0. The van der Waals surface area contributed by atoms with Crippen LogP contribution in [0, 0.1) is 0 Å². The molecule has 1 aromatic heterocycles. The Kier molecular flexibility index (Phi) is 8.77. The van der Waals surface area contributed by atoms with Gasteiger partial charge in [-0.05, 0) is 30.5 Å². The highest BCUT2D eigenvalue weighted by atomic mass is 16.5. The van der Waals surface area contributed by atoms with Crippen molar-refractivity contribution < 1.29 is 23.9 Å². The van der Waals surface area contributed by atoms with Crippen molar-refractivity contribution in [3.8, 4) is 11.3 Å². The normalized spacial score (nSPS) is 16.0. The molecule has 13 heteroatoms. The molecule has 0 unspecified atom stereocenters. The summed E-state index contributed by atoms with van der Waals surface area (Å²) in [7, 11) is 1.59. The zero-order valence-electron chi connectivity index (χ0n) is 23.4. The van der Waals surface area contributed by atoms with Gasteiger partial charge in [0.2, 0.25) is 5.91 Å². The fraction of sp³-hybridized carbons (Fsp3) is 0.379. The minimum absolute atomic E-state index is 0.0660. The molecule has 2 aliphatic rings. The van der Waals surface area contributed by atoms with Crippen LogP contribution in [0.15, 0.2) is 60.8 Å². The van der Waals surface area contributed by atoms with Crippen LogP contribution in [0.1, 0.15) is 24.8 Å². The second-order valence-electron chi connectivity index (χ2n) is 10.3. The van der Waals surface area contributed by atoms with E-state index in [1.165, 1.54) is 4.90 Å². The number of aromatic nitrogens is 3. The Labute approximate surface area is 243 Å². The first kappa shape index (κ1) is 28.7. The number of imide groups is 1. The van der Waals surface area contributed by atoms with Gasteiger partial charge in [0, 0.05) is 37.8 Å². The molecule has 0 atom stereocenters. The van der Waals surface area contributed by atoms with Gasteiger partial charge in [-0.25, -0.2) is 14.3 Å². The summed E-state index contributed by atoms with van der Waals surface area (Å²) in [6, 6.07) is 16.0. The topological polar surface area (TPSA) is 151 Å². The van der Waals surface area contributed by atoms with Gasteiger partial charge in [0.25, 0.3) is 5.91 Å². The number of hydrogen-bond donors (Lipinski definition) is 3. The number of likely N-dealkylation sites (tertiary alicyclic amines) is 1. The first-order chi connectivity index (χ1) is 20.4. The minimum atomic E-state index is -0.973. The van der Waals surface area contributed by atoms with Crippen LogP contribution < -0.4 is 16.0 Å². The van der Waals surface area contributed by atoms with E-state index in [-0.39, 0.29) is 24.4 Å². The molecule has 0 radical (unpaired) electrons. The molecule has 2 aliphatic heterocycles. The fourth-order valence-corrected chi connectivity index (χ4v) is 5.03. The summed E-state index contributed by atoms with van der Waals surface area (Å²) in [6.07, 6.45) is 2.82. The van der Waals surface area contributed by atoms with Crippen molar-refractivity contribution in [2.45, 2.75) is 37.9 Å². The molecule has 3 N–H and O–H groups in total. The molecule has 13 nitrogen and oxygen atoms in total. The highest BCUT2D eigenvalue weighted by molar-refractivity contribution is 6.07. The van der Waals surface area contributed by atoms with Crippen LogP contribution in [0.3, 0.4) is 0 Å². The third kappa shape index (κ3) is 6.57. The summed E-state index contributed by atoms with van der Waals surface area (Å²) in [4.78, 5) is 52.9. The van der Waals surface area contributed by atoms with Crippen LogP contribution in [-0.4, -0.2) is 87.6 Å². The molecule has 220 valence electrons. The van der Waals surface area contributed by atoms with Crippen molar-refractivity contribution in [2.24, 2.45) is 0 Å². The maximum absolute atomic E-state index is 13.2. The number of carbonyl (C=O) groups is 4. The van der Waals surface area contributed by atoms with Crippen molar-refractivity contribution >= 4 is 29.6 Å². The predicted octanol–water partition coefficient (Wildman–Crippen LogP) is 2.22. The van der Waals surface area contributed by atoms with E-state index >= 15 is 0 Å². The van der Waals surface area contributed by atoms with Crippen molar-refractivity contribution in [1.82, 2.24) is 35.4 Å². The first-order valence-corrected chi connectivity index (χ1v) is 13.9. The zero-order chi connectivity index (χ0) is 29.5. The maximum atomic E-state index is 13.2. The van der Waals surface area contributed by atoms with Gasteiger partial charge in [-0.2, -0.15) is 0 Å². The van der Waals surface area contributed by atoms with Gasteiger partial charge >= 0.3 is 12.1 Å². The summed E-state index contributed by atoms with van der Waals surface area (Å²) in [6.45, 7) is 2.16. The Bertz CT molecular complexity index is 1420. The summed E-state index contributed by atoms with van der Waals surface area (Å²) in [5.74, 6) is -0.304. The smallest absolute Gasteiger partial charge is 0.325 e. The molecule has 2 saturated heterocycles. The van der Waals surface area contributed by atoms with Gasteiger partial charge in [-0.15, -0.1) is 5.10 Å². The van der Waals surface area contributed by atoms with Crippen LogP contribution in [0.4, 0.5) is 15.3 Å². The van der Waals surface area contributed by atoms with E-state index in [0.717, 1.165) is 11.1 Å². The number of carbonyl (C=O) groups excluding carboxylic acids is 4. The molecule has 1 spiro atoms. The molecule has 6 amide bonds. The SMILES string of the molecule is CNC(=O)CCOCCn1cc(-c2ccc(NC(=O)N3CCC4(CC3)NC(=O)N(Cc3ccccc3)C4=O)cc2)nn1. The lowest BCUT2D eigenvalue weighted by molar-refractivity contribution is -0.133. The second kappa shape index (κ2) is 12.8. The first-order valence-electron chi connectivity index (χ1n) is 13.9. The highest BCUT2D eigenvalue weighted by Crippen LogP contribution is 2.31. The van der Waals surface area contributed by atoms with E-state index in [4.69, 9.17) is 4.74 Å². The summed E-state index contributed by atoms with van der Waals surface area (Å²) in [5, 5.41) is 16.7. The zero-order valence-corrected chi connectivity index (χ0v) is 23.4. The van der Waals surface area contributed by atoms with E-state index in [1.807, 2.05) is 48.7 Å². The third-order valence-electron chi connectivity index (χ3n) is 7.52. The molecule has 42 heavy (non-hydrogen) atoms. The summed E-state index contributed by atoms with van der Waals surface area (Å²) < 4.78 is 7.13. The van der Waals surface area contributed by atoms with E-state index in [9.17, 15) is 19.2 Å². The number of anilines is 1.